The van der Waals surface area contributed by atoms with E-state index < -0.39 is 0 Å². The van der Waals surface area contributed by atoms with E-state index in [1.54, 1.807) is 30.3 Å². The summed E-state index contributed by atoms with van der Waals surface area (Å²) in [6.45, 7) is 4.66. The monoisotopic (exact) mass is 497 g/mol. The molecule has 0 spiro atoms. The fourth-order valence-corrected chi connectivity index (χ4v) is 4.28. The van der Waals surface area contributed by atoms with Crippen LogP contribution in [0.2, 0.25) is 10.0 Å². The molecule has 2 aromatic carbocycles. The van der Waals surface area contributed by atoms with Crippen molar-refractivity contribution in [3.63, 3.8) is 0 Å². The van der Waals surface area contributed by atoms with Gasteiger partial charge < -0.3 is 19.5 Å². The summed E-state index contributed by atoms with van der Waals surface area (Å²) in [5, 5.41) is 3.82. The van der Waals surface area contributed by atoms with E-state index in [0.717, 1.165) is 24.5 Å². The Balaban J connectivity index is 1.41. The van der Waals surface area contributed by atoms with Gasteiger partial charge in [0, 0.05) is 44.2 Å². The number of rotatable bonds is 6. The molecular formula is C26H25Cl2N3O3. The summed E-state index contributed by atoms with van der Waals surface area (Å²) < 4.78 is 5.81. The molecule has 1 saturated heterocycles. The van der Waals surface area contributed by atoms with Crippen LogP contribution in [0.25, 0.3) is 17.4 Å². The summed E-state index contributed by atoms with van der Waals surface area (Å²) in [4.78, 5) is 28.6. The van der Waals surface area contributed by atoms with Crippen molar-refractivity contribution in [1.82, 2.24) is 4.90 Å². The van der Waals surface area contributed by atoms with Crippen molar-refractivity contribution < 1.29 is 14.0 Å². The molecule has 1 aromatic heterocycles. The first kappa shape index (κ1) is 23.9. The lowest BCUT2D eigenvalue weighted by Gasteiger charge is -2.36. The fourth-order valence-electron chi connectivity index (χ4n) is 3.89. The fraction of sp³-hybridized carbons (Fsp3) is 0.231. The van der Waals surface area contributed by atoms with Gasteiger partial charge in [0.2, 0.25) is 11.8 Å². The lowest BCUT2D eigenvalue weighted by molar-refractivity contribution is -0.131. The number of carbonyl (C=O) groups is 2. The molecule has 0 atom stereocenters. The van der Waals surface area contributed by atoms with Crippen LogP contribution >= 0.6 is 23.2 Å². The number of anilines is 2. The van der Waals surface area contributed by atoms with Gasteiger partial charge >= 0.3 is 0 Å². The first-order chi connectivity index (χ1) is 16.5. The summed E-state index contributed by atoms with van der Waals surface area (Å²) in [5.41, 5.74) is 2.34. The average Bonchev–Trinajstić information content (AvgIpc) is 3.33. The molecule has 1 N–H and O–H groups in total. The minimum Gasteiger partial charge on any atom is -0.457 e. The highest BCUT2D eigenvalue weighted by Gasteiger charge is 2.21. The Morgan fingerprint density at radius 3 is 2.53 bits per heavy atom. The summed E-state index contributed by atoms with van der Waals surface area (Å²) in [6, 6.07) is 16.6. The predicted octanol–water partition coefficient (Wildman–Crippen LogP) is 5.96. The molecule has 2 heterocycles. The number of carbonyl (C=O) groups excluding carboxylic acids is 2. The molecule has 4 rings (SSSR count). The molecule has 1 fully saturated rings. The number of furan rings is 1. The van der Waals surface area contributed by atoms with Gasteiger partial charge in [0.1, 0.15) is 11.5 Å². The number of hydrogen-bond acceptors (Lipinski definition) is 4. The number of nitrogens with zero attached hydrogens (tertiary/aromatic N) is 2. The van der Waals surface area contributed by atoms with Gasteiger partial charge in [-0.2, -0.15) is 0 Å². The molecule has 6 nitrogen and oxygen atoms in total. The zero-order valence-electron chi connectivity index (χ0n) is 18.8. The van der Waals surface area contributed by atoms with Crippen LogP contribution in [0.3, 0.4) is 0 Å². The van der Waals surface area contributed by atoms with Crippen LogP contribution in [-0.4, -0.2) is 42.9 Å². The van der Waals surface area contributed by atoms with Gasteiger partial charge in [-0.05, 0) is 42.5 Å². The van der Waals surface area contributed by atoms with Crippen LogP contribution in [0.5, 0.6) is 0 Å². The SMILES string of the molecule is CCC(=O)N1CCN(c2ccccc2NC(=O)/C=C/c2ccc(-c3cccc(Cl)c3Cl)o2)CC1. The normalized spacial score (nSPS) is 14.0. The molecule has 0 saturated carbocycles. The molecule has 1 aliphatic heterocycles. The topological polar surface area (TPSA) is 65.8 Å². The third-order valence-corrected chi connectivity index (χ3v) is 6.50. The second-order valence-electron chi connectivity index (χ2n) is 7.86. The summed E-state index contributed by atoms with van der Waals surface area (Å²) in [7, 11) is 0. The van der Waals surface area contributed by atoms with Gasteiger partial charge in [-0.25, -0.2) is 0 Å². The van der Waals surface area contributed by atoms with Crippen molar-refractivity contribution >= 4 is 52.5 Å². The van der Waals surface area contributed by atoms with E-state index in [0.29, 0.717) is 46.6 Å². The highest BCUT2D eigenvalue weighted by molar-refractivity contribution is 6.43. The Morgan fingerprint density at radius 2 is 1.76 bits per heavy atom. The van der Waals surface area contributed by atoms with Crippen molar-refractivity contribution in [2.75, 3.05) is 36.4 Å². The van der Waals surface area contributed by atoms with Crippen molar-refractivity contribution in [2.45, 2.75) is 13.3 Å². The summed E-state index contributed by atoms with van der Waals surface area (Å²) >= 11 is 12.4. The van der Waals surface area contributed by atoms with Gasteiger partial charge in [-0.1, -0.05) is 48.3 Å². The largest absolute Gasteiger partial charge is 0.457 e. The standard InChI is InChI=1S/C26H25Cl2N3O3/c1-2-25(33)31-16-14-30(15-17-31)22-9-4-3-8-21(22)29-24(32)13-11-18-10-12-23(34-18)19-6-5-7-20(27)26(19)28/h3-13H,2,14-17H2,1H3,(H,29,32)/b13-11+. The Hall–Kier alpha value is -3.22. The van der Waals surface area contributed by atoms with Gasteiger partial charge in [0.25, 0.3) is 0 Å². The molecule has 1 aliphatic rings. The number of benzene rings is 2. The van der Waals surface area contributed by atoms with E-state index in [-0.39, 0.29) is 11.8 Å². The first-order valence-corrected chi connectivity index (χ1v) is 11.9. The zero-order valence-corrected chi connectivity index (χ0v) is 20.3. The number of para-hydroxylation sites is 2. The van der Waals surface area contributed by atoms with Gasteiger partial charge in [-0.15, -0.1) is 0 Å². The molecule has 2 amide bonds. The van der Waals surface area contributed by atoms with E-state index >= 15 is 0 Å². The Morgan fingerprint density at radius 1 is 1.00 bits per heavy atom. The maximum atomic E-state index is 12.6. The van der Waals surface area contributed by atoms with E-state index in [4.69, 9.17) is 27.6 Å². The Labute approximate surface area is 208 Å². The van der Waals surface area contributed by atoms with Crippen LogP contribution < -0.4 is 10.2 Å². The summed E-state index contributed by atoms with van der Waals surface area (Å²) in [5.74, 6) is 0.987. The third kappa shape index (κ3) is 5.46. The number of halogens is 2. The highest BCUT2D eigenvalue weighted by Crippen LogP contribution is 2.34. The van der Waals surface area contributed by atoms with Crippen LogP contribution in [0.15, 0.2) is 65.1 Å². The van der Waals surface area contributed by atoms with Crippen LogP contribution in [0.1, 0.15) is 19.1 Å². The zero-order chi connectivity index (χ0) is 24.1. The number of hydrogen-bond donors (Lipinski definition) is 1. The molecule has 34 heavy (non-hydrogen) atoms. The lowest BCUT2D eigenvalue weighted by atomic mass is 10.2. The second kappa shape index (κ2) is 10.8. The van der Waals surface area contributed by atoms with Crippen LogP contribution in [0, 0.1) is 0 Å². The second-order valence-corrected chi connectivity index (χ2v) is 8.65. The molecule has 0 radical (unpaired) electrons. The Kier molecular flexibility index (Phi) is 7.60. The minimum atomic E-state index is -0.272. The molecule has 0 aliphatic carbocycles. The van der Waals surface area contributed by atoms with E-state index in [1.807, 2.05) is 42.2 Å². The third-order valence-electron chi connectivity index (χ3n) is 5.68. The lowest BCUT2D eigenvalue weighted by Crippen LogP contribution is -2.48. The van der Waals surface area contributed by atoms with Crippen molar-refractivity contribution in [3.8, 4) is 11.3 Å². The molecule has 0 bridgehead atoms. The van der Waals surface area contributed by atoms with E-state index in [9.17, 15) is 9.59 Å². The first-order valence-electron chi connectivity index (χ1n) is 11.1. The minimum absolute atomic E-state index is 0.171. The van der Waals surface area contributed by atoms with Crippen molar-refractivity contribution in [3.05, 3.63) is 76.5 Å². The molecular weight excluding hydrogens is 473 g/mol. The smallest absolute Gasteiger partial charge is 0.248 e. The molecule has 176 valence electrons. The van der Waals surface area contributed by atoms with Crippen LogP contribution in [-0.2, 0) is 9.59 Å². The van der Waals surface area contributed by atoms with Crippen LogP contribution in [0.4, 0.5) is 11.4 Å². The van der Waals surface area contributed by atoms with E-state index in [2.05, 4.69) is 10.2 Å². The van der Waals surface area contributed by atoms with Crippen molar-refractivity contribution in [1.29, 1.82) is 0 Å². The summed E-state index contributed by atoms with van der Waals surface area (Å²) in [6.07, 6.45) is 3.55. The Bertz CT molecular complexity index is 1210. The maximum absolute atomic E-state index is 12.6. The van der Waals surface area contributed by atoms with E-state index in [1.165, 1.54) is 6.08 Å². The predicted molar refractivity (Wildman–Crippen MR) is 137 cm³/mol. The highest BCUT2D eigenvalue weighted by atomic mass is 35.5. The average molecular weight is 498 g/mol. The van der Waals surface area contributed by atoms with Gasteiger partial charge in [0.05, 0.1) is 21.4 Å². The maximum Gasteiger partial charge on any atom is 0.248 e. The quantitative estimate of drug-likeness (QED) is 0.426. The van der Waals surface area contributed by atoms with Gasteiger partial charge in [0.15, 0.2) is 0 Å². The number of amides is 2. The van der Waals surface area contributed by atoms with Gasteiger partial charge in [-0.3, -0.25) is 9.59 Å². The molecule has 3 aromatic rings. The van der Waals surface area contributed by atoms with Crippen molar-refractivity contribution in [2.24, 2.45) is 0 Å². The number of nitrogens with one attached hydrogen (secondary N) is 1. The molecule has 8 heteroatoms. The molecule has 0 unspecified atom stereocenters. The number of piperazine rings is 1.